The van der Waals surface area contributed by atoms with Crippen LogP contribution in [0.1, 0.15) is 22.0 Å². The van der Waals surface area contributed by atoms with E-state index in [0.717, 1.165) is 60.0 Å². The summed E-state index contributed by atoms with van der Waals surface area (Å²) in [5.41, 5.74) is 2.57. The summed E-state index contributed by atoms with van der Waals surface area (Å²) in [4.78, 5) is 20.6. The highest BCUT2D eigenvalue weighted by atomic mass is 35.5. The molecule has 3 aromatic rings. The molecule has 0 N–H and O–H groups in total. The number of nitrogens with zero attached hydrogens (tertiary/aromatic N) is 6. The van der Waals surface area contributed by atoms with Gasteiger partial charge in [-0.15, -0.1) is 0 Å². The van der Waals surface area contributed by atoms with Crippen molar-refractivity contribution < 1.29 is 4.79 Å². The molecule has 0 radical (unpaired) electrons. The van der Waals surface area contributed by atoms with E-state index in [1.807, 2.05) is 36.1 Å². The van der Waals surface area contributed by atoms with E-state index < -0.39 is 0 Å². The summed E-state index contributed by atoms with van der Waals surface area (Å²) in [6, 6.07) is 5.91. The minimum Gasteiger partial charge on any atom is -0.343 e. The van der Waals surface area contributed by atoms with Crippen LogP contribution in [0.15, 0.2) is 24.4 Å². The van der Waals surface area contributed by atoms with Crippen molar-refractivity contribution in [2.75, 3.05) is 27.2 Å². The van der Waals surface area contributed by atoms with Crippen molar-refractivity contribution in [1.29, 1.82) is 0 Å². The summed E-state index contributed by atoms with van der Waals surface area (Å²) < 4.78 is 3.98. The smallest absolute Gasteiger partial charge is 0.273 e. The van der Waals surface area contributed by atoms with Crippen molar-refractivity contribution in [2.45, 2.75) is 19.5 Å². The first kappa shape index (κ1) is 18.0. The number of halogens is 1. The molecule has 0 saturated heterocycles. The normalized spacial score (nSPS) is 15.0. The van der Waals surface area contributed by atoms with Gasteiger partial charge < -0.3 is 9.47 Å². The lowest BCUT2D eigenvalue weighted by Crippen LogP contribution is -2.27. The Bertz CT molecular complexity index is 980. The second kappa shape index (κ2) is 6.98. The van der Waals surface area contributed by atoms with Gasteiger partial charge in [-0.05, 0) is 12.1 Å². The fourth-order valence-corrected chi connectivity index (χ4v) is 3.91. The Morgan fingerprint density at radius 2 is 2.07 bits per heavy atom. The number of amides is 1. The first-order chi connectivity index (χ1) is 12.9. The van der Waals surface area contributed by atoms with Gasteiger partial charge in [0.2, 0.25) is 0 Å². The molecular formula is C19H23ClN6O. The first-order valence-corrected chi connectivity index (χ1v) is 9.42. The van der Waals surface area contributed by atoms with Crippen molar-refractivity contribution in [3.63, 3.8) is 0 Å². The molecule has 0 spiro atoms. The molecule has 142 valence electrons. The maximum atomic E-state index is 12.1. The van der Waals surface area contributed by atoms with Gasteiger partial charge in [0, 0.05) is 65.3 Å². The third-order valence-electron chi connectivity index (χ3n) is 5.07. The number of hydrogen-bond donors (Lipinski definition) is 0. The van der Waals surface area contributed by atoms with E-state index in [-0.39, 0.29) is 5.91 Å². The topological polar surface area (TPSA) is 59.2 Å². The Morgan fingerprint density at radius 3 is 2.85 bits per heavy atom. The lowest BCUT2D eigenvalue weighted by atomic mass is 10.2. The molecule has 0 saturated carbocycles. The fraction of sp³-hybridized carbons (Fsp3) is 0.421. The molecule has 3 heterocycles. The number of aryl methyl sites for hydroxylation is 1. The largest absolute Gasteiger partial charge is 0.343 e. The molecule has 0 aliphatic carbocycles. The highest BCUT2D eigenvalue weighted by Gasteiger charge is 2.21. The molecule has 2 aromatic heterocycles. The highest BCUT2D eigenvalue weighted by Crippen LogP contribution is 2.27. The van der Waals surface area contributed by atoms with E-state index >= 15 is 0 Å². The molecule has 0 bridgehead atoms. The maximum absolute atomic E-state index is 12.1. The number of carbonyl (C=O) groups excluding carboxylic acids is 1. The van der Waals surface area contributed by atoms with E-state index in [1.54, 1.807) is 19.0 Å². The quantitative estimate of drug-likeness (QED) is 0.692. The van der Waals surface area contributed by atoms with Crippen LogP contribution in [0.4, 0.5) is 0 Å². The van der Waals surface area contributed by atoms with E-state index in [4.69, 9.17) is 11.6 Å². The van der Waals surface area contributed by atoms with Crippen molar-refractivity contribution >= 4 is 28.4 Å². The second-order valence-corrected chi connectivity index (χ2v) is 7.57. The van der Waals surface area contributed by atoms with E-state index in [2.05, 4.69) is 19.5 Å². The average Bonchev–Trinajstić information content (AvgIpc) is 3.13. The maximum Gasteiger partial charge on any atom is 0.273 e. The molecule has 0 unspecified atom stereocenters. The Hall–Kier alpha value is -2.38. The molecule has 1 aromatic carbocycles. The van der Waals surface area contributed by atoms with Crippen molar-refractivity contribution in [3.8, 4) is 0 Å². The van der Waals surface area contributed by atoms with Gasteiger partial charge in [0.15, 0.2) is 0 Å². The second-order valence-electron chi connectivity index (χ2n) is 7.17. The summed E-state index contributed by atoms with van der Waals surface area (Å²) >= 11 is 6.43. The molecule has 4 rings (SSSR count). The molecule has 7 nitrogen and oxygen atoms in total. The van der Waals surface area contributed by atoms with Crippen LogP contribution >= 0.6 is 11.6 Å². The van der Waals surface area contributed by atoms with Crippen LogP contribution in [-0.2, 0) is 26.6 Å². The van der Waals surface area contributed by atoms with E-state index in [1.165, 1.54) is 0 Å². The molecule has 1 aliphatic rings. The van der Waals surface area contributed by atoms with Crippen LogP contribution < -0.4 is 0 Å². The third kappa shape index (κ3) is 3.33. The Morgan fingerprint density at radius 1 is 1.26 bits per heavy atom. The van der Waals surface area contributed by atoms with Crippen LogP contribution in [0, 0.1) is 0 Å². The van der Waals surface area contributed by atoms with Crippen LogP contribution in [-0.4, -0.2) is 62.2 Å². The standard InChI is InChI=1S/C19H23ClN6O/c1-23(2)19(27)15-12-26-10-9-25(8-7-17(26)21-15)11-14-18-13(20)5-4-6-16(18)24(3)22-14/h4-6,12H,7-11H2,1-3H3. The lowest BCUT2D eigenvalue weighted by molar-refractivity contribution is 0.0822. The van der Waals surface area contributed by atoms with Gasteiger partial charge in [0.05, 0.1) is 16.2 Å². The van der Waals surface area contributed by atoms with Gasteiger partial charge in [0.1, 0.15) is 11.5 Å². The van der Waals surface area contributed by atoms with Crippen molar-refractivity contribution in [1.82, 2.24) is 29.1 Å². The summed E-state index contributed by atoms with van der Waals surface area (Å²) in [5, 5.41) is 6.46. The molecule has 0 atom stereocenters. The van der Waals surface area contributed by atoms with Crippen LogP contribution in [0.5, 0.6) is 0 Å². The lowest BCUT2D eigenvalue weighted by Gasteiger charge is -2.18. The number of rotatable bonds is 3. The fourth-order valence-electron chi connectivity index (χ4n) is 3.63. The predicted octanol–water partition coefficient (Wildman–Crippen LogP) is 2.18. The zero-order valence-corrected chi connectivity index (χ0v) is 16.6. The van der Waals surface area contributed by atoms with Crippen molar-refractivity contribution in [2.24, 2.45) is 7.05 Å². The van der Waals surface area contributed by atoms with E-state index in [9.17, 15) is 4.79 Å². The minimum absolute atomic E-state index is 0.0537. The molecule has 1 aliphatic heterocycles. The number of hydrogen-bond acceptors (Lipinski definition) is 4. The summed E-state index contributed by atoms with van der Waals surface area (Å²) in [5.74, 6) is 0.911. The molecule has 8 heteroatoms. The molecule has 27 heavy (non-hydrogen) atoms. The zero-order chi connectivity index (χ0) is 19.1. The molecule has 0 fully saturated rings. The summed E-state index contributed by atoms with van der Waals surface area (Å²) in [6.07, 6.45) is 2.67. The Kier molecular flexibility index (Phi) is 4.65. The highest BCUT2D eigenvalue weighted by molar-refractivity contribution is 6.35. The number of aromatic nitrogens is 4. The van der Waals surface area contributed by atoms with E-state index in [0.29, 0.717) is 5.69 Å². The number of imidazole rings is 1. The third-order valence-corrected chi connectivity index (χ3v) is 5.38. The molecule has 1 amide bonds. The van der Waals surface area contributed by atoms with Crippen LogP contribution in [0.2, 0.25) is 5.02 Å². The Balaban J connectivity index is 1.52. The number of carbonyl (C=O) groups is 1. The van der Waals surface area contributed by atoms with Gasteiger partial charge in [0.25, 0.3) is 5.91 Å². The summed E-state index contributed by atoms with van der Waals surface area (Å²) in [6.45, 7) is 3.30. The van der Waals surface area contributed by atoms with Gasteiger partial charge >= 0.3 is 0 Å². The number of benzene rings is 1. The predicted molar refractivity (Wildman–Crippen MR) is 105 cm³/mol. The van der Waals surface area contributed by atoms with Gasteiger partial charge in [-0.25, -0.2) is 4.98 Å². The SMILES string of the molecule is CN(C)C(=O)c1cn2c(n1)CCN(Cc1nn(C)c3cccc(Cl)c13)CC2. The van der Waals surface area contributed by atoms with Crippen LogP contribution in [0.25, 0.3) is 10.9 Å². The monoisotopic (exact) mass is 386 g/mol. The van der Waals surface area contributed by atoms with Crippen LogP contribution in [0.3, 0.4) is 0 Å². The minimum atomic E-state index is -0.0537. The Labute approximate surface area is 163 Å². The zero-order valence-electron chi connectivity index (χ0n) is 15.8. The van der Waals surface area contributed by atoms with Gasteiger partial charge in [-0.2, -0.15) is 5.10 Å². The van der Waals surface area contributed by atoms with Gasteiger partial charge in [-0.3, -0.25) is 14.4 Å². The number of fused-ring (bicyclic) bond motifs is 2. The molecular weight excluding hydrogens is 364 g/mol. The summed E-state index contributed by atoms with van der Waals surface area (Å²) in [7, 11) is 5.44. The first-order valence-electron chi connectivity index (χ1n) is 9.04. The average molecular weight is 387 g/mol. The van der Waals surface area contributed by atoms with Gasteiger partial charge in [-0.1, -0.05) is 17.7 Å². The van der Waals surface area contributed by atoms with Crippen molar-refractivity contribution in [3.05, 3.63) is 46.6 Å².